The minimum atomic E-state index is -1.02. The first-order valence-corrected chi connectivity index (χ1v) is 9.84. The number of hydrogen-bond acceptors (Lipinski definition) is 7. The Morgan fingerprint density at radius 1 is 1.21 bits per heavy atom. The molecule has 152 valence electrons. The van der Waals surface area contributed by atoms with Gasteiger partial charge in [0.15, 0.2) is 0 Å². The van der Waals surface area contributed by atoms with Gasteiger partial charge in [-0.1, -0.05) is 6.07 Å². The van der Waals surface area contributed by atoms with Gasteiger partial charge in [-0.25, -0.2) is 9.97 Å². The molecule has 4 N–H and O–H groups in total. The SMILES string of the molecule is Cc1ncnc2c1ccn2[C@@H]1C[C@H](Oc2cccc3c2C[C@@H](N)CO3)[C@@H](O)[C@H]1O. The Morgan fingerprint density at radius 2 is 2.07 bits per heavy atom. The fourth-order valence-electron chi connectivity index (χ4n) is 4.40. The van der Waals surface area contributed by atoms with E-state index in [1.54, 1.807) is 0 Å². The third-order valence-corrected chi connectivity index (χ3v) is 5.95. The molecule has 1 aromatic carbocycles. The van der Waals surface area contributed by atoms with Crippen LogP contribution in [0.3, 0.4) is 0 Å². The van der Waals surface area contributed by atoms with Crippen molar-refractivity contribution in [1.29, 1.82) is 0 Å². The van der Waals surface area contributed by atoms with Gasteiger partial charge in [-0.3, -0.25) is 0 Å². The molecule has 0 unspecified atom stereocenters. The maximum absolute atomic E-state index is 10.7. The molecule has 2 aliphatic rings. The third kappa shape index (κ3) is 3.04. The van der Waals surface area contributed by atoms with Crippen LogP contribution >= 0.6 is 0 Å². The molecule has 2 aromatic heterocycles. The van der Waals surface area contributed by atoms with Gasteiger partial charge in [-0.05, 0) is 31.5 Å². The Balaban J connectivity index is 1.43. The molecule has 8 heteroatoms. The number of benzene rings is 1. The lowest BCUT2D eigenvalue weighted by atomic mass is 10.0. The van der Waals surface area contributed by atoms with Crippen molar-refractivity contribution in [2.45, 2.75) is 50.2 Å². The lowest BCUT2D eigenvalue weighted by molar-refractivity contribution is -0.0167. The average Bonchev–Trinajstić information content (AvgIpc) is 3.26. The third-order valence-electron chi connectivity index (χ3n) is 5.95. The summed E-state index contributed by atoms with van der Waals surface area (Å²) < 4.78 is 13.8. The van der Waals surface area contributed by atoms with Crippen LogP contribution < -0.4 is 15.2 Å². The largest absolute Gasteiger partial charge is 0.492 e. The molecule has 3 heterocycles. The number of aromatic nitrogens is 3. The highest BCUT2D eigenvalue weighted by molar-refractivity contribution is 5.78. The molecular formula is C21H24N4O4. The van der Waals surface area contributed by atoms with Crippen molar-refractivity contribution < 1.29 is 19.7 Å². The van der Waals surface area contributed by atoms with Gasteiger partial charge in [0.25, 0.3) is 0 Å². The minimum absolute atomic E-state index is 0.0896. The van der Waals surface area contributed by atoms with E-state index in [1.807, 2.05) is 42.0 Å². The van der Waals surface area contributed by atoms with Gasteiger partial charge in [-0.2, -0.15) is 0 Å². The second kappa shape index (κ2) is 6.98. The van der Waals surface area contributed by atoms with Gasteiger partial charge < -0.3 is 30.0 Å². The van der Waals surface area contributed by atoms with E-state index in [0.29, 0.717) is 25.2 Å². The summed E-state index contributed by atoms with van der Waals surface area (Å²) >= 11 is 0. The minimum Gasteiger partial charge on any atom is -0.492 e. The van der Waals surface area contributed by atoms with Gasteiger partial charge in [0, 0.05) is 29.6 Å². The zero-order valence-electron chi connectivity index (χ0n) is 16.1. The summed E-state index contributed by atoms with van der Waals surface area (Å²) in [6.45, 7) is 2.40. The van der Waals surface area contributed by atoms with Crippen molar-refractivity contribution in [1.82, 2.24) is 14.5 Å². The van der Waals surface area contributed by atoms with E-state index in [-0.39, 0.29) is 12.1 Å². The number of hydrogen-bond donors (Lipinski definition) is 3. The first-order chi connectivity index (χ1) is 14.0. The van der Waals surface area contributed by atoms with E-state index in [4.69, 9.17) is 15.2 Å². The van der Waals surface area contributed by atoms with E-state index >= 15 is 0 Å². The summed E-state index contributed by atoms with van der Waals surface area (Å²) in [5, 5.41) is 22.4. The van der Waals surface area contributed by atoms with Gasteiger partial charge in [0.2, 0.25) is 0 Å². The van der Waals surface area contributed by atoms with E-state index in [2.05, 4.69) is 9.97 Å². The molecule has 5 rings (SSSR count). The number of ether oxygens (including phenoxy) is 2. The second-order valence-corrected chi connectivity index (χ2v) is 7.87. The summed E-state index contributed by atoms with van der Waals surface area (Å²) in [5.74, 6) is 1.41. The first kappa shape index (κ1) is 18.4. The summed E-state index contributed by atoms with van der Waals surface area (Å²) in [6, 6.07) is 7.11. The van der Waals surface area contributed by atoms with Crippen LogP contribution in [-0.4, -0.2) is 55.7 Å². The van der Waals surface area contributed by atoms with Crippen LogP contribution in [0.15, 0.2) is 36.8 Å². The smallest absolute Gasteiger partial charge is 0.143 e. The summed E-state index contributed by atoms with van der Waals surface area (Å²) in [7, 11) is 0. The van der Waals surface area contributed by atoms with Gasteiger partial charge in [-0.15, -0.1) is 0 Å². The molecule has 8 nitrogen and oxygen atoms in total. The van der Waals surface area contributed by atoms with Crippen LogP contribution in [0.25, 0.3) is 11.0 Å². The molecule has 1 saturated carbocycles. The molecule has 1 fully saturated rings. The van der Waals surface area contributed by atoms with E-state index < -0.39 is 18.3 Å². The van der Waals surface area contributed by atoms with Crippen molar-refractivity contribution >= 4 is 11.0 Å². The number of fused-ring (bicyclic) bond motifs is 2. The van der Waals surface area contributed by atoms with Crippen LogP contribution in [0.2, 0.25) is 0 Å². The van der Waals surface area contributed by atoms with Crippen molar-refractivity contribution in [3.63, 3.8) is 0 Å². The molecular weight excluding hydrogens is 372 g/mol. The van der Waals surface area contributed by atoms with Gasteiger partial charge in [0.1, 0.15) is 48.4 Å². The van der Waals surface area contributed by atoms with Crippen molar-refractivity contribution in [3.8, 4) is 11.5 Å². The molecule has 3 aromatic rings. The summed E-state index contributed by atoms with van der Waals surface area (Å²) in [4.78, 5) is 8.58. The highest BCUT2D eigenvalue weighted by Crippen LogP contribution is 2.39. The van der Waals surface area contributed by atoms with E-state index in [1.165, 1.54) is 6.33 Å². The van der Waals surface area contributed by atoms with Crippen LogP contribution in [0.4, 0.5) is 0 Å². The average molecular weight is 396 g/mol. The Labute approximate surface area is 167 Å². The number of rotatable bonds is 3. The van der Waals surface area contributed by atoms with Crippen LogP contribution in [0.1, 0.15) is 23.7 Å². The topological polar surface area (TPSA) is 116 Å². The Morgan fingerprint density at radius 3 is 2.93 bits per heavy atom. The quantitative estimate of drug-likeness (QED) is 0.607. The predicted molar refractivity (Wildman–Crippen MR) is 106 cm³/mol. The molecule has 0 radical (unpaired) electrons. The standard InChI is InChI=1S/C21H24N4O4/c1-11-13-5-6-25(21(13)24-10-23-11)15-8-18(20(27)19(15)26)29-17-4-2-3-16-14(17)7-12(22)9-28-16/h2-6,10,12,15,18-20,26-27H,7-9,22H2,1H3/t12-,15-,18+,19+,20-/m1/s1. The van der Waals surface area contributed by atoms with Gasteiger partial charge >= 0.3 is 0 Å². The number of nitrogens with zero attached hydrogens (tertiary/aromatic N) is 3. The van der Waals surface area contributed by atoms with E-state index in [0.717, 1.165) is 28.0 Å². The molecule has 0 saturated heterocycles. The Hall–Kier alpha value is -2.68. The maximum atomic E-state index is 10.7. The number of aryl methyl sites for hydroxylation is 1. The highest BCUT2D eigenvalue weighted by Gasteiger charge is 2.44. The molecule has 0 spiro atoms. The summed E-state index contributed by atoms with van der Waals surface area (Å²) in [5.41, 5.74) is 8.57. The van der Waals surface area contributed by atoms with Crippen molar-refractivity contribution in [3.05, 3.63) is 48.0 Å². The summed E-state index contributed by atoms with van der Waals surface area (Å²) in [6.07, 6.45) is 1.95. The van der Waals surface area contributed by atoms with E-state index in [9.17, 15) is 10.2 Å². The normalized spacial score (nSPS) is 28.9. The van der Waals surface area contributed by atoms with Crippen LogP contribution in [0.5, 0.6) is 11.5 Å². The highest BCUT2D eigenvalue weighted by atomic mass is 16.5. The fraction of sp³-hybridized carbons (Fsp3) is 0.429. The number of aliphatic hydroxyl groups is 2. The first-order valence-electron chi connectivity index (χ1n) is 9.84. The molecule has 29 heavy (non-hydrogen) atoms. The zero-order chi connectivity index (χ0) is 20.1. The zero-order valence-corrected chi connectivity index (χ0v) is 16.1. The van der Waals surface area contributed by atoms with Crippen LogP contribution in [0, 0.1) is 6.92 Å². The second-order valence-electron chi connectivity index (χ2n) is 7.87. The number of nitrogens with two attached hydrogens (primary N) is 1. The molecule has 1 aliphatic heterocycles. The van der Waals surface area contributed by atoms with Gasteiger partial charge in [0.05, 0.1) is 11.7 Å². The Bertz CT molecular complexity index is 1050. The molecule has 0 bridgehead atoms. The predicted octanol–water partition coefficient (Wildman–Crippen LogP) is 1.12. The lowest BCUT2D eigenvalue weighted by Crippen LogP contribution is -2.36. The molecule has 5 atom stereocenters. The van der Waals surface area contributed by atoms with Crippen LogP contribution in [-0.2, 0) is 6.42 Å². The maximum Gasteiger partial charge on any atom is 0.143 e. The Kier molecular flexibility index (Phi) is 4.42. The molecule has 1 aliphatic carbocycles. The van der Waals surface area contributed by atoms with Crippen molar-refractivity contribution in [2.75, 3.05) is 6.61 Å². The number of aliphatic hydroxyl groups excluding tert-OH is 2. The van der Waals surface area contributed by atoms with Crippen molar-refractivity contribution in [2.24, 2.45) is 5.73 Å². The lowest BCUT2D eigenvalue weighted by Gasteiger charge is -2.26. The monoisotopic (exact) mass is 396 g/mol. The fourth-order valence-corrected chi connectivity index (χ4v) is 4.40. The molecule has 0 amide bonds.